The summed E-state index contributed by atoms with van der Waals surface area (Å²) in [6, 6.07) is -0.123. The summed E-state index contributed by atoms with van der Waals surface area (Å²) in [7, 11) is 0. The zero-order chi connectivity index (χ0) is 9.76. The van der Waals surface area contributed by atoms with Crippen LogP contribution in [0.5, 0.6) is 0 Å². The summed E-state index contributed by atoms with van der Waals surface area (Å²) in [6.45, 7) is 1.88. The maximum absolute atomic E-state index is 5.70. The lowest BCUT2D eigenvalue weighted by Crippen LogP contribution is -2.09. The van der Waals surface area contributed by atoms with Gasteiger partial charge in [0.2, 0.25) is 5.89 Å². The molecule has 4 heteroatoms. The molecular weight excluding hydrogens is 178 g/mol. The van der Waals surface area contributed by atoms with Crippen LogP contribution in [0.15, 0.2) is 4.52 Å². The zero-order valence-corrected chi connectivity index (χ0v) is 8.36. The first-order chi connectivity index (χ1) is 6.72. The number of nitrogens with zero attached hydrogens (tertiary/aromatic N) is 2. The van der Waals surface area contributed by atoms with Gasteiger partial charge in [0.1, 0.15) is 0 Å². The minimum Gasteiger partial charge on any atom is -0.339 e. The Bertz CT molecular complexity index is 360. The fraction of sp³-hybridized carbons (Fsp3) is 0.800. The van der Waals surface area contributed by atoms with Crippen molar-refractivity contribution in [1.29, 1.82) is 0 Å². The number of aromatic nitrogens is 2. The molecule has 0 bridgehead atoms. The Labute approximate surface area is 82.9 Å². The molecule has 4 nitrogen and oxygen atoms in total. The predicted octanol–water partition coefficient (Wildman–Crippen LogP) is 1.53. The Kier molecular flexibility index (Phi) is 1.54. The van der Waals surface area contributed by atoms with Crippen LogP contribution in [0.3, 0.4) is 0 Å². The fourth-order valence-corrected chi connectivity index (χ4v) is 2.72. The zero-order valence-electron chi connectivity index (χ0n) is 8.36. The monoisotopic (exact) mass is 193 g/mol. The van der Waals surface area contributed by atoms with Gasteiger partial charge in [-0.3, -0.25) is 0 Å². The van der Waals surface area contributed by atoms with Gasteiger partial charge < -0.3 is 10.3 Å². The summed E-state index contributed by atoms with van der Waals surface area (Å²) in [4.78, 5) is 4.40. The van der Waals surface area contributed by atoms with E-state index < -0.39 is 0 Å². The van der Waals surface area contributed by atoms with Crippen molar-refractivity contribution in [2.24, 2.45) is 11.7 Å². The van der Waals surface area contributed by atoms with E-state index in [0.717, 1.165) is 11.8 Å². The van der Waals surface area contributed by atoms with Crippen molar-refractivity contribution in [1.82, 2.24) is 10.1 Å². The summed E-state index contributed by atoms with van der Waals surface area (Å²) >= 11 is 0. The summed E-state index contributed by atoms with van der Waals surface area (Å²) in [5.74, 6) is 2.29. The van der Waals surface area contributed by atoms with Crippen molar-refractivity contribution in [3.63, 3.8) is 0 Å². The van der Waals surface area contributed by atoms with Gasteiger partial charge in [-0.25, -0.2) is 0 Å². The van der Waals surface area contributed by atoms with Crippen LogP contribution in [0.1, 0.15) is 50.4 Å². The normalized spacial score (nSPS) is 36.9. The molecule has 1 aromatic rings. The largest absolute Gasteiger partial charge is 0.339 e. The molecular formula is C10H15N3O. The van der Waals surface area contributed by atoms with E-state index in [1.807, 2.05) is 6.92 Å². The molecule has 0 spiro atoms. The van der Waals surface area contributed by atoms with Crippen LogP contribution < -0.4 is 5.73 Å². The third-order valence-corrected chi connectivity index (χ3v) is 3.68. The maximum atomic E-state index is 5.70. The fourth-order valence-electron chi connectivity index (χ4n) is 2.72. The van der Waals surface area contributed by atoms with Gasteiger partial charge >= 0.3 is 0 Å². The molecule has 14 heavy (non-hydrogen) atoms. The topological polar surface area (TPSA) is 64.9 Å². The Morgan fingerprint density at radius 3 is 3.00 bits per heavy atom. The second-order valence-corrected chi connectivity index (χ2v) is 4.70. The van der Waals surface area contributed by atoms with Crippen molar-refractivity contribution in [3.05, 3.63) is 11.7 Å². The first-order valence-corrected chi connectivity index (χ1v) is 5.32. The SMILES string of the molecule is CC(N)c1noc(C23CCCC2C3)n1. The van der Waals surface area contributed by atoms with Crippen LogP contribution in [0.4, 0.5) is 0 Å². The van der Waals surface area contributed by atoms with Crippen molar-refractivity contribution in [3.8, 4) is 0 Å². The molecule has 0 aromatic carbocycles. The quantitative estimate of drug-likeness (QED) is 0.773. The highest BCUT2D eigenvalue weighted by Gasteiger charge is 2.61. The van der Waals surface area contributed by atoms with Gasteiger partial charge in [0.05, 0.1) is 11.5 Å². The highest BCUT2D eigenvalue weighted by atomic mass is 16.5. The van der Waals surface area contributed by atoms with Crippen LogP contribution in [-0.4, -0.2) is 10.1 Å². The van der Waals surface area contributed by atoms with Gasteiger partial charge in [0.15, 0.2) is 5.82 Å². The Balaban J connectivity index is 1.90. The lowest BCUT2D eigenvalue weighted by atomic mass is 10.0. The number of nitrogens with two attached hydrogens (primary N) is 1. The van der Waals surface area contributed by atoms with Crippen molar-refractivity contribution in [2.45, 2.75) is 44.1 Å². The molecule has 0 radical (unpaired) electrons. The molecule has 2 N–H and O–H groups in total. The third kappa shape index (κ3) is 0.974. The van der Waals surface area contributed by atoms with Crippen LogP contribution in [0, 0.1) is 5.92 Å². The molecule has 0 saturated heterocycles. The summed E-state index contributed by atoms with van der Waals surface area (Å²) < 4.78 is 5.31. The van der Waals surface area contributed by atoms with E-state index in [4.69, 9.17) is 10.3 Å². The van der Waals surface area contributed by atoms with Gasteiger partial charge in [-0.2, -0.15) is 4.98 Å². The van der Waals surface area contributed by atoms with Crippen molar-refractivity contribution < 1.29 is 4.52 Å². The molecule has 2 saturated carbocycles. The highest BCUT2D eigenvalue weighted by Crippen LogP contribution is 2.63. The van der Waals surface area contributed by atoms with Crippen LogP contribution in [0.2, 0.25) is 0 Å². The minimum absolute atomic E-state index is 0.123. The van der Waals surface area contributed by atoms with Crippen molar-refractivity contribution >= 4 is 0 Å². The smallest absolute Gasteiger partial charge is 0.233 e. The van der Waals surface area contributed by atoms with Gasteiger partial charge in [-0.1, -0.05) is 11.6 Å². The van der Waals surface area contributed by atoms with E-state index in [-0.39, 0.29) is 11.5 Å². The number of hydrogen-bond donors (Lipinski definition) is 1. The van der Waals surface area contributed by atoms with Gasteiger partial charge in [-0.15, -0.1) is 0 Å². The first kappa shape index (κ1) is 8.41. The average molecular weight is 193 g/mol. The number of hydrogen-bond acceptors (Lipinski definition) is 4. The maximum Gasteiger partial charge on any atom is 0.233 e. The number of fused-ring (bicyclic) bond motifs is 1. The second-order valence-electron chi connectivity index (χ2n) is 4.70. The van der Waals surface area contributed by atoms with Gasteiger partial charge in [0, 0.05) is 0 Å². The first-order valence-electron chi connectivity index (χ1n) is 5.32. The lowest BCUT2D eigenvalue weighted by molar-refractivity contribution is 0.335. The summed E-state index contributed by atoms with van der Waals surface area (Å²) in [6.07, 6.45) is 5.10. The highest BCUT2D eigenvalue weighted by molar-refractivity contribution is 5.23. The standard InChI is InChI=1S/C10H15N3O/c1-6(11)8-12-9(14-13-8)10-4-2-3-7(10)5-10/h6-7H,2-5,11H2,1H3. The molecule has 3 rings (SSSR count). The molecule has 0 amide bonds. The minimum atomic E-state index is -0.123. The molecule has 3 unspecified atom stereocenters. The van der Waals surface area contributed by atoms with E-state index in [9.17, 15) is 0 Å². The van der Waals surface area contributed by atoms with E-state index in [2.05, 4.69) is 10.1 Å². The predicted molar refractivity (Wildman–Crippen MR) is 50.5 cm³/mol. The van der Waals surface area contributed by atoms with Gasteiger partial charge in [-0.05, 0) is 32.1 Å². The van der Waals surface area contributed by atoms with Crippen molar-refractivity contribution in [2.75, 3.05) is 0 Å². The molecule has 0 aliphatic heterocycles. The molecule has 2 fully saturated rings. The molecule has 3 atom stereocenters. The summed E-state index contributed by atoms with van der Waals surface area (Å²) in [5, 5.41) is 3.92. The molecule has 1 heterocycles. The van der Waals surface area contributed by atoms with E-state index in [0.29, 0.717) is 5.82 Å². The second kappa shape index (κ2) is 2.57. The number of rotatable bonds is 2. The Morgan fingerprint density at radius 1 is 1.64 bits per heavy atom. The average Bonchev–Trinajstić information content (AvgIpc) is 2.63. The Hall–Kier alpha value is -0.900. The molecule has 2 aliphatic carbocycles. The molecule has 1 aromatic heterocycles. The van der Waals surface area contributed by atoms with E-state index >= 15 is 0 Å². The van der Waals surface area contributed by atoms with Crippen LogP contribution in [-0.2, 0) is 5.41 Å². The van der Waals surface area contributed by atoms with E-state index in [1.165, 1.54) is 25.7 Å². The van der Waals surface area contributed by atoms with Crippen LogP contribution in [0.25, 0.3) is 0 Å². The Morgan fingerprint density at radius 2 is 2.50 bits per heavy atom. The lowest BCUT2D eigenvalue weighted by Gasteiger charge is -2.03. The molecule has 2 aliphatic rings. The molecule has 76 valence electrons. The third-order valence-electron chi connectivity index (χ3n) is 3.68. The summed E-state index contributed by atoms with van der Waals surface area (Å²) in [5.41, 5.74) is 5.96. The van der Waals surface area contributed by atoms with Gasteiger partial charge in [0.25, 0.3) is 0 Å². The van der Waals surface area contributed by atoms with E-state index in [1.54, 1.807) is 0 Å². The van der Waals surface area contributed by atoms with Crippen LogP contribution >= 0.6 is 0 Å².